The molecule has 3 aliphatic rings. The van der Waals surface area contributed by atoms with Gasteiger partial charge in [0.25, 0.3) is 0 Å². The predicted molar refractivity (Wildman–Crippen MR) is 95.4 cm³/mol. The molecule has 4 rings (SSSR count). The molecule has 5 atom stereocenters. The number of aliphatic hydroxyl groups is 2. The van der Waals surface area contributed by atoms with Gasteiger partial charge in [-0.2, -0.15) is 0 Å². The molecule has 0 radical (unpaired) electrons. The van der Waals surface area contributed by atoms with E-state index in [1.54, 1.807) is 6.07 Å². The van der Waals surface area contributed by atoms with Crippen molar-refractivity contribution in [3.8, 4) is 5.75 Å². The minimum Gasteiger partial charge on any atom is -0.511 e. The molecule has 1 saturated carbocycles. The van der Waals surface area contributed by atoms with Crippen LogP contribution in [-0.2, 0) is 24.7 Å². The molecular weight excluding hydrogens is 382 g/mol. The molecule has 1 aromatic rings. The first-order valence-corrected chi connectivity index (χ1v) is 9.10. The smallest absolute Gasteiger partial charge is 0.343 e. The number of cyclic esters (lactones) is 1. The summed E-state index contributed by atoms with van der Waals surface area (Å²) >= 11 is 0. The molecule has 9 nitrogen and oxygen atoms in total. The topological polar surface area (TPSA) is 164 Å². The van der Waals surface area contributed by atoms with E-state index >= 15 is 0 Å². The standard InChI is InChI=1S/C20H19NO8/c1-20(8-3-2-4-10(22)14(8)19(28)29-20)9-6-12(24)13-7(16(9)25)5-11(23)15(17(13)26)18(21)27/h2-4,7,9,15-16,22,25-26H,5-6H2,1H3,(H2,21,27)/t7-,9+,15+,16-,20-/m0/s1. The van der Waals surface area contributed by atoms with Crippen LogP contribution in [0.4, 0.5) is 0 Å². The van der Waals surface area contributed by atoms with Crippen LogP contribution in [0.25, 0.3) is 0 Å². The minimum atomic E-state index is -1.61. The number of amides is 1. The molecule has 1 heterocycles. The molecule has 1 fully saturated rings. The SMILES string of the molecule is C[C@]1([C@@H]2CC(=O)C3=C(O)[C@H](C(N)=O)C(=O)C[C@@H]3[C@@H]2O)OC(=O)c2c(O)cccc21. The lowest BCUT2D eigenvalue weighted by atomic mass is 9.62. The van der Waals surface area contributed by atoms with E-state index in [0.29, 0.717) is 5.56 Å². The van der Waals surface area contributed by atoms with E-state index < -0.39 is 58.7 Å². The zero-order chi connectivity index (χ0) is 21.2. The van der Waals surface area contributed by atoms with E-state index in [-0.39, 0.29) is 29.7 Å². The fraction of sp³-hybridized carbons (Fsp3) is 0.400. The van der Waals surface area contributed by atoms with Gasteiger partial charge in [-0.25, -0.2) is 4.79 Å². The molecule has 0 bridgehead atoms. The van der Waals surface area contributed by atoms with E-state index in [0.717, 1.165) is 0 Å². The van der Waals surface area contributed by atoms with Gasteiger partial charge in [0.1, 0.15) is 22.7 Å². The van der Waals surface area contributed by atoms with Crippen LogP contribution in [0.1, 0.15) is 35.7 Å². The highest BCUT2D eigenvalue weighted by molar-refractivity contribution is 6.09. The Kier molecular flexibility index (Phi) is 4.06. The number of benzene rings is 1. The third kappa shape index (κ3) is 2.50. The van der Waals surface area contributed by atoms with Gasteiger partial charge < -0.3 is 25.8 Å². The van der Waals surface area contributed by atoms with Gasteiger partial charge in [0.05, 0.1) is 6.10 Å². The van der Waals surface area contributed by atoms with Crippen molar-refractivity contribution in [2.75, 3.05) is 0 Å². The number of nitrogens with two attached hydrogens (primary N) is 1. The number of esters is 1. The Morgan fingerprint density at radius 2 is 1.90 bits per heavy atom. The number of aromatic hydroxyl groups is 1. The molecule has 152 valence electrons. The molecule has 0 spiro atoms. The zero-order valence-electron chi connectivity index (χ0n) is 15.4. The molecule has 1 aromatic carbocycles. The second kappa shape index (κ2) is 6.15. The lowest BCUT2D eigenvalue weighted by Gasteiger charge is -2.44. The summed E-state index contributed by atoms with van der Waals surface area (Å²) in [6.07, 6.45) is -1.98. The molecule has 5 N–H and O–H groups in total. The van der Waals surface area contributed by atoms with E-state index in [4.69, 9.17) is 10.5 Å². The van der Waals surface area contributed by atoms with Crippen molar-refractivity contribution in [3.05, 3.63) is 40.7 Å². The highest BCUT2D eigenvalue weighted by Gasteiger charge is 2.58. The molecule has 0 saturated heterocycles. The van der Waals surface area contributed by atoms with E-state index in [1.165, 1.54) is 19.1 Å². The molecular formula is C20H19NO8. The number of fused-ring (bicyclic) bond motifs is 2. The van der Waals surface area contributed by atoms with Crippen LogP contribution < -0.4 is 5.73 Å². The van der Waals surface area contributed by atoms with Crippen LogP contribution in [-0.4, -0.2) is 44.9 Å². The maximum Gasteiger partial charge on any atom is 0.343 e. The maximum atomic E-state index is 12.8. The molecule has 1 aliphatic heterocycles. The number of primary amides is 1. The van der Waals surface area contributed by atoms with Gasteiger partial charge in [-0.1, -0.05) is 12.1 Å². The normalized spacial score (nSPS) is 33.9. The van der Waals surface area contributed by atoms with Crippen molar-refractivity contribution < 1.29 is 39.2 Å². The second-order valence-corrected chi connectivity index (χ2v) is 7.83. The predicted octanol–water partition coefficient (Wildman–Crippen LogP) is 0.230. The number of hydrogen-bond donors (Lipinski definition) is 4. The van der Waals surface area contributed by atoms with Gasteiger partial charge in [-0.05, 0) is 13.0 Å². The van der Waals surface area contributed by atoms with Crippen molar-refractivity contribution in [1.29, 1.82) is 0 Å². The molecule has 2 aliphatic carbocycles. The van der Waals surface area contributed by atoms with Gasteiger partial charge in [0.2, 0.25) is 5.91 Å². The second-order valence-electron chi connectivity index (χ2n) is 7.83. The van der Waals surface area contributed by atoms with Gasteiger partial charge in [0.15, 0.2) is 17.5 Å². The van der Waals surface area contributed by atoms with Crippen LogP contribution in [0.5, 0.6) is 5.75 Å². The Labute approximate surface area is 164 Å². The Bertz CT molecular complexity index is 1010. The molecule has 9 heteroatoms. The van der Waals surface area contributed by atoms with Crippen molar-refractivity contribution in [2.45, 2.75) is 31.5 Å². The van der Waals surface area contributed by atoms with Gasteiger partial charge in [-0.3, -0.25) is 14.4 Å². The highest BCUT2D eigenvalue weighted by atomic mass is 16.6. The van der Waals surface area contributed by atoms with Gasteiger partial charge >= 0.3 is 5.97 Å². The van der Waals surface area contributed by atoms with Crippen LogP contribution >= 0.6 is 0 Å². The lowest BCUT2D eigenvalue weighted by molar-refractivity contribution is -0.142. The number of ether oxygens (including phenoxy) is 1. The number of phenolic OH excluding ortho intramolecular Hbond substituents is 1. The summed E-state index contributed by atoms with van der Waals surface area (Å²) in [5.41, 5.74) is 3.86. The van der Waals surface area contributed by atoms with Crippen molar-refractivity contribution >= 4 is 23.4 Å². The first-order valence-electron chi connectivity index (χ1n) is 9.10. The molecule has 1 amide bonds. The van der Waals surface area contributed by atoms with Crippen molar-refractivity contribution in [3.63, 3.8) is 0 Å². The third-order valence-electron chi connectivity index (χ3n) is 6.27. The first-order chi connectivity index (χ1) is 13.6. The monoisotopic (exact) mass is 401 g/mol. The Hall–Kier alpha value is -3.20. The number of ketones is 2. The maximum absolute atomic E-state index is 12.8. The Balaban J connectivity index is 1.79. The van der Waals surface area contributed by atoms with Crippen molar-refractivity contribution in [1.82, 2.24) is 0 Å². The van der Waals surface area contributed by atoms with Crippen LogP contribution in [0, 0.1) is 17.8 Å². The first kappa shape index (κ1) is 19.1. The molecule has 29 heavy (non-hydrogen) atoms. The number of Topliss-reactive ketones (excluding diaryl/α,β-unsaturated/α-hetero) is 2. The summed E-state index contributed by atoms with van der Waals surface area (Å²) < 4.78 is 5.50. The number of hydrogen-bond acceptors (Lipinski definition) is 8. The fourth-order valence-corrected chi connectivity index (χ4v) is 4.84. The Morgan fingerprint density at radius 1 is 1.21 bits per heavy atom. The summed E-state index contributed by atoms with van der Waals surface area (Å²) in [6, 6.07) is 4.41. The van der Waals surface area contributed by atoms with E-state index in [1.807, 2.05) is 0 Å². The minimum absolute atomic E-state index is 0.0349. The van der Waals surface area contributed by atoms with E-state index in [9.17, 15) is 34.5 Å². The Morgan fingerprint density at radius 3 is 2.55 bits per heavy atom. The highest BCUT2D eigenvalue weighted by Crippen LogP contribution is 2.52. The van der Waals surface area contributed by atoms with Gasteiger partial charge in [-0.15, -0.1) is 0 Å². The van der Waals surface area contributed by atoms with E-state index in [2.05, 4.69) is 0 Å². The largest absolute Gasteiger partial charge is 0.511 e. The number of rotatable bonds is 2. The number of phenols is 1. The van der Waals surface area contributed by atoms with Crippen molar-refractivity contribution in [2.24, 2.45) is 23.5 Å². The number of carbonyl (C=O) groups excluding carboxylic acids is 4. The summed E-state index contributed by atoms with van der Waals surface area (Å²) in [6.45, 7) is 1.53. The lowest BCUT2D eigenvalue weighted by Crippen LogP contribution is -2.52. The average molecular weight is 401 g/mol. The van der Waals surface area contributed by atoms with Crippen LogP contribution in [0.3, 0.4) is 0 Å². The van der Waals surface area contributed by atoms with Crippen LogP contribution in [0.15, 0.2) is 29.5 Å². The summed E-state index contributed by atoms with van der Waals surface area (Å²) in [5.74, 6) is -7.68. The third-order valence-corrected chi connectivity index (χ3v) is 6.27. The summed E-state index contributed by atoms with van der Waals surface area (Å²) in [7, 11) is 0. The molecule has 0 unspecified atom stereocenters. The molecule has 0 aromatic heterocycles. The number of aliphatic hydroxyl groups excluding tert-OH is 2. The number of carbonyl (C=O) groups is 4. The average Bonchev–Trinajstić information content (AvgIpc) is 2.90. The zero-order valence-corrected chi connectivity index (χ0v) is 15.4. The van der Waals surface area contributed by atoms with Crippen LogP contribution in [0.2, 0.25) is 0 Å². The summed E-state index contributed by atoms with van der Waals surface area (Å²) in [4.78, 5) is 49.0. The quantitative estimate of drug-likeness (QED) is 0.404. The summed E-state index contributed by atoms with van der Waals surface area (Å²) in [5, 5.41) is 31.4. The fourth-order valence-electron chi connectivity index (χ4n) is 4.84. The van der Waals surface area contributed by atoms with Gasteiger partial charge in [0, 0.05) is 35.8 Å².